The minimum Gasteiger partial charge on any atom is -0.481 e. The van der Waals surface area contributed by atoms with E-state index in [1.165, 1.54) is 35.8 Å². The Balaban J connectivity index is 1.96. The molecule has 0 saturated heterocycles. The monoisotopic (exact) mass is 391 g/mol. The summed E-state index contributed by atoms with van der Waals surface area (Å²) in [4.78, 5) is 26.1. The zero-order valence-electron chi connectivity index (χ0n) is 15.3. The molecule has 2 aromatic rings. The number of carbonyl (C=O) groups is 2. The SMILES string of the molecule is CN(C)S(=O)(=O)c1cc(C(=O)N2Cc3ccccc3C(C(=O)O)C2)n(C)c1. The molecule has 27 heavy (non-hydrogen) atoms. The molecule has 0 bridgehead atoms. The molecule has 1 N–H and O–H groups in total. The molecule has 1 aromatic carbocycles. The van der Waals surface area contributed by atoms with Crippen LogP contribution in [0, 0.1) is 0 Å². The third kappa shape index (κ3) is 3.35. The summed E-state index contributed by atoms with van der Waals surface area (Å²) in [5.74, 6) is -2.22. The number of carboxylic acid groups (broad SMARTS) is 1. The van der Waals surface area contributed by atoms with Gasteiger partial charge < -0.3 is 14.6 Å². The first-order valence-electron chi connectivity index (χ1n) is 8.31. The quantitative estimate of drug-likeness (QED) is 0.841. The number of benzene rings is 1. The van der Waals surface area contributed by atoms with Crippen molar-refractivity contribution in [1.82, 2.24) is 13.8 Å². The molecular weight excluding hydrogens is 370 g/mol. The Hall–Kier alpha value is -2.65. The van der Waals surface area contributed by atoms with E-state index < -0.39 is 27.8 Å². The Morgan fingerprint density at radius 1 is 1.22 bits per heavy atom. The third-order valence-corrected chi connectivity index (χ3v) is 6.54. The molecule has 3 rings (SSSR count). The van der Waals surface area contributed by atoms with E-state index in [-0.39, 0.29) is 23.7 Å². The lowest BCUT2D eigenvalue weighted by molar-refractivity contribution is -0.139. The second-order valence-electron chi connectivity index (χ2n) is 6.73. The van der Waals surface area contributed by atoms with Crippen molar-refractivity contribution >= 4 is 21.9 Å². The molecule has 1 unspecified atom stereocenters. The number of carbonyl (C=O) groups excluding carboxylic acids is 1. The highest BCUT2D eigenvalue weighted by Gasteiger charge is 2.34. The molecule has 144 valence electrons. The van der Waals surface area contributed by atoms with Gasteiger partial charge in [-0.2, -0.15) is 0 Å². The molecule has 8 nitrogen and oxygen atoms in total. The Bertz CT molecular complexity index is 1010. The van der Waals surface area contributed by atoms with E-state index in [1.807, 2.05) is 0 Å². The zero-order valence-corrected chi connectivity index (χ0v) is 16.1. The molecular formula is C18H21N3O5S. The predicted molar refractivity (Wildman–Crippen MR) is 97.8 cm³/mol. The number of aliphatic carboxylic acids is 1. The van der Waals surface area contributed by atoms with Gasteiger partial charge in [-0.1, -0.05) is 24.3 Å². The number of aryl methyl sites for hydroxylation is 1. The summed E-state index contributed by atoms with van der Waals surface area (Å²) in [6.07, 6.45) is 1.38. The Labute approximate surface area is 157 Å². The predicted octanol–water partition coefficient (Wildman–Crippen LogP) is 1.10. The Kier molecular flexibility index (Phi) is 4.83. The van der Waals surface area contributed by atoms with Crippen molar-refractivity contribution in [2.24, 2.45) is 7.05 Å². The van der Waals surface area contributed by atoms with Gasteiger partial charge in [-0.05, 0) is 17.2 Å². The average Bonchev–Trinajstić information content (AvgIpc) is 3.02. The van der Waals surface area contributed by atoms with Crippen molar-refractivity contribution < 1.29 is 23.1 Å². The molecule has 1 aliphatic rings. The van der Waals surface area contributed by atoms with Crippen LogP contribution in [0.1, 0.15) is 27.5 Å². The van der Waals surface area contributed by atoms with Gasteiger partial charge >= 0.3 is 5.97 Å². The van der Waals surface area contributed by atoms with E-state index in [2.05, 4.69) is 0 Å². The summed E-state index contributed by atoms with van der Waals surface area (Å²) < 4.78 is 27.2. The third-order valence-electron chi connectivity index (χ3n) is 4.76. The summed E-state index contributed by atoms with van der Waals surface area (Å²) in [5, 5.41) is 9.55. The van der Waals surface area contributed by atoms with Crippen LogP contribution in [0.2, 0.25) is 0 Å². The fourth-order valence-corrected chi connectivity index (χ4v) is 4.21. The van der Waals surface area contributed by atoms with E-state index in [0.29, 0.717) is 5.56 Å². The molecule has 0 radical (unpaired) electrons. The zero-order chi connectivity index (χ0) is 19.9. The standard InChI is InChI=1S/C18H21N3O5S/c1-19(2)27(25,26)13-8-16(20(3)10-13)17(22)21-9-12-6-4-5-7-14(12)15(11-21)18(23)24/h4-8,10,15H,9,11H2,1-3H3,(H,23,24). The van der Waals surface area contributed by atoms with Crippen LogP contribution in [0.5, 0.6) is 0 Å². The van der Waals surface area contributed by atoms with E-state index in [1.54, 1.807) is 31.3 Å². The molecule has 0 fully saturated rings. The molecule has 0 aliphatic carbocycles. The largest absolute Gasteiger partial charge is 0.481 e. The van der Waals surface area contributed by atoms with Gasteiger partial charge in [-0.3, -0.25) is 9.59 Å². The van der Waals surface area contributed by atoms with Crippen LogP contribution in [-0.4, -0.2) is 59.8 Å². The number of rotatable bonds is 4. The first-order valence-corrected chi connectivity index (χ1v) is 9.75. The number of hydrogen-bond donors (Lipinski definition) is 1. The molecule has 1 atom stereocenters. The lowest BCUT2D eigenvalue weighted by atomic mass is 9.89. The highest BCUT2D eigenvalue weighted by atomic mass is 32.2. The van der Waals surface area contributed by atoms with Gasteiger partial charge in [0.2, 0.25) is 10.0 Å². The van der Waals surface area contributed by atoms with Crippen LogP contribution in [-0.2, 0) is 28.4 Å². The second-order valence-corrected chi connectivity index (χ2v) is 8.89. The summed E-state index contributed by atoms with van der Waals surface area (Å²) >= 11 is 0. The van der Waals surface area contributed by atoms with Crippen LogP contribution in [0.15, 0.2) is 41.4 Å². The van der Waals surface area contributed by atoms with Crippen molar-refractivity contribution in [3.05, 3.63) is 53.3 Å². The minimum absolute atomic E-state index is 0.0190. The van der Waals surface area contributed by atoms with Gasteiger partial charge in [-0.15, -0.1) is 0 Å². The number of sulfonamides is 1. The van der Waals surface area contributed by atoms with Gasteiger partial charge in [0, 0.05) is 40.4 Å². The van der Waals surface area contributed by atoms with Crippen LogP contribution >= 0.6 is 0 Å². The summed E-state index contributed by atoms with van der Waals surface area (Å²) in [7, 11) is 0.763. The maximum atomic E-state index is 13.0. The van der Waals surface area contributed by atoms with Gasteiger partial charge in [0.25, 0.3) is 5.91 Å². The van der Waals surface area contributed by atoms with E-state index in [4.69, 9.17) is 0 Å². The van der Waals surface area contributed by atoms with Crippen LogP contribution in [0.4, 0.5) is 0 Å². The van der Waals surface area contributed by atoms with Crippen molar-refractivity contribution in [1.29, 1.82) is 0 Å². The fraction of sp³-hybridized carbons (Fsp3) is 0.333. The molecule has 1 aliphatic heterocycles. The number of carboxylic acids is 1. The number of nitrogens with zero attached hydrogens (tertiary/aromatic N) is 3. The molecule has 0 spiro atoms. The van der Waals surface area contributed by atoms with Crippen molar-refractivity contribution in [3.8, 4) is 0 Å². The Morgan fingerprint density at radius 3 is 2.52 bits per heavy atom. The van der Waals surface area contributed by atoms with Gasteiger partial charge in [0.1, 0.15) is 10.6 Å². The lowest BCUT2D eigenvalue weighted by Gasteiger charge is -2.32. The topological polar surface area (TPSA) is 99.9 Å². The summed E-state index contributed by atoms with van der Waals surface area (Å²) in [6, 6.07) is 8.48. The van der Waals surface area contributed by atoms with Crippen LogP contribution < -0.4 is 0 Å². The summed E-state index contributed by atoms with van der Waals surface area (Å²) in [5.41, 5.74) is 1.68. The van der Waals surface area contributed by atoms with E-state index in [0.717, 1.165) is 9.87 Å². The fourth-order valence-electron chi connectivity index (χ4n) is 3.23. The maximum Gasteiger partial charge on any atom is 0.312 e. The highest BCUT2D eigenvalue weighted by Crippen LogP contribution is 2.30. The lowest BCUT2D eigenvalue weighted by Crippen LogP contribution is -2.41. The van der Waals surface area contributed by atoms with Gasteiger partial charge in [-0.25, -0.2) is 12.7 Å². The van der Waals surface area contributed by atoms with Crippen molar-refractivity contribution in [2.45, 2.75) is 17.4 Å². The molecule has 0 saturated carbocycles. The summed E-state index contributed by atoms with van der Waals surface area (Å²) in [6.45, 7) is 0.311. The van der Waals surface area contributed by atoms with Gasteiger partial charge in [0.15, 0.2) is 0 Å². The highest BCUT2D eigenvalue weighted by molar-refractivity contribution is 7.89. The average molecular weight is 391 g/mol. The molecule has 2 heterocycles. The number of hydrogen-bond acceptors (Lipinski definition) is 4. The van der Waals surface area contributed by atoms with Crippen LogP contribution in [0.3, 0.4) is 0 Å². The maximum absolute atomic E-state index is 13.0. The van der Waals surface area contributed by atoms with Crippen molar-refractivity contribution in [3.63, 3.8) is 0 Å². The number of aromatic nitrogens is 1. The van der Waals surface area contributed by atoms with E-state index >= 15 is 0 Å². The molecule has 9 heteroatoms. The van der Waals surface area contributed by atoms with Gasteiger partial charge in [0.05, 0.1) is 5.92 Å². The number of amides is 1. The number of fused-ring (bicyclic) bond motifs is 1. The first kappa shape index (κ1) is 19.1. The second kappa shape index (κ2) is 6.82. The van der Waals surface area contributed by atoms with Crippen LogP contribution in [0.25, 0.3) is 0 Å². The smallest absolute Gasteiger partial charge is 0.312 e. The first-order chi connectivity index (χ1) is 12.6. The normalized spacial score (nSPS) is 17.0. The van der Waals surface area contributed by atoms with E-state index in [9.17, 15) is 23.1 Å². The van der Waals surface area contributed by atoms with Crippen molar-refractivity contribution in [2.75, 3.05) is 20.6 Å². The minimum atomic E-state index is -3.67. The Morgan fingerprint density at radius 2 is 1.89 bits per heavy atom. The molecule has 1 amide bonds. The molecule has 1 aromatic heterocycles.